The molecule has 144 valence electrons. The summed E-state index contributed by atoms with van der Waals surface area (Å²) in [6, 6.07) is 0.890. The predicted molar refractivity (Wildman–Crippen MR) is 108 cm³/mol. The van der Waals surface area contributed by atoms with Crippen LogP contribution in [-0.2, 0) is 11.3 Å². The van der Waals surface area contributed by atoms with E-state index in [0.717, 1.165) is 21.8 Å². The van der Waals surface area contributed by atoms with Crippen LogP contribution in [0.15, 0.2) is 11.1 Å². The minimum atomic E-state index is -0.0598. The van der Waals surface area contributed by atoms with Gasteiger partial charge in [0, 0.05) is 43.0 Å². The molecule has 0 radical (unpaired) electrons. The van der Waals surface area contributed by atoms with Crippen LogP contribution in [0.2, 0.25) is 0 Å². The van der Waals surface area contributed by atoms with Gasteiger partial charge < -0.3 is 5.32 Å². The number of carbonyl (C=O) groups excluding carboxylic acids is 1. The molecule has 0 atom stereocenters. The zero-order valence-corrected chi connectivity index (χ0v) is 17.4. The van der Waals surface area contributed by atoms with Crippen molar-refractivity contribution in [2.45, 2.75) is 66.6 Å². The van der Waals surface area contributed by atoms with Crippen molar-refractivity contribution < 1.29 is 4.79 Å². The van der Waals surface area contributed by atoms with Gasteiger partial charge in [0.2, 0.25) is 5.91 Å². The third-order valence-electron chi connectivity index (χ3n) is 4.75. The highest BCUT2D eigenvalue weighted by Crippen LogP contribution is 2.25. The van der Waals surface area contributed by atoms with Crippen LogP contribution in [0.5, 0.6) is 0 Å². The van der Waals surface area contributed by atoms with Crippen LogP contribution in [0.25, 0.3) is 10.2 Å². The molecule has 0 saturated heterocycles. The van der Waals surface area contributed by atoms with Gasteiger partial charge in [-0.1, -0.05) is 0 Å². The van der Waals surface area contributed by atoms with Crippen molar-refractivity contribution >= 4 is 27.5 Å². The summed E-state index contributed by atoms with van der Waals surface area (Å²) in [4.78, 5) is 33.3. The first kappa shape index (κ1) is 20.6. The summed E-state index contributed by atoms with van der Waals surface area (Å²) in [6.07, 6.45) is 1.82. The van der Waals surface area contributed by atoms with Crippen LogP contribution in [0.1, 0.15) is 44.6 Å². The van der Waals surface area contributed by atoms with Gasteiger partial charge in [-0.25, -0.2) is 4.98 Å². The average molecular weight is 379 g/mol. The van der Waals surface area contributed by atoms with E-state index in [9.17, 15) is 9.59 Å². The first-order valence-corrected chi connectivity index (χ1v) is 10.0. The molecule has 0 saturated carbocycles. The first-order chi connectivity index (χ1) is 12.2. The van der Waals surface area contributed by atoms with Gasteiger partial charge in [-0.05, 0) is 47.1 Å². The van der Waals surface area contributed by atoms with Crippen LogP contribution in [-0.4, -0.2) is 45.5 Å². The van der Waals surface area contributed by atoms with Crippen LogP contribution >= 0.6 is 11.3 Å². The van der Waals surface area contributed by atoms with Gasteiger partial charge in [0.15, 0.2) is 0 Å². The van der Waals surface area contributed by atoms with E-state index in [4.69, 9.17) is 0 Å². The van der Waals surface area contributed by atoms with Gasteiger partial charge >= 0.3 is 0 Å². The fourth-order valence-electron chi connectivity index (χ4n) is 3.18. The Bertz CT molecular complexity index is 815. The molecule has 26 heavy (non-hydrogen) atoms. The smallest absolute Gasteiger partial charge is 0.262 e. The third-order valence-corrected chi connectivity index (χ3v) is 5.87. The van der Waals surface area contributed by atoms with Gasteiger partial charge in [0.25, 0.3) is 5.56 Å². The number of nitrogens with zero attached hydrogens (tertiary/aromatic N) is 3. The van der Waals surface area contributed by atoms with Crippen LogP contribution in [0, 0.1) is 13.8 Å². The second-order valence-electron chi connectivity index (χ2n) is 7.23. The molecule has 6 nitrogen and oxygen atoms in total. The molecule has 0 spiro atoms. The first-order valence-electron chi connectivity index (χ1n) is 9.20. The maximum absolute atomic E-state index is 12.6. The highest BCUT2D eigenvalue weighted by molar-refractivity contribution is 7.18. The molecule has 0 bridgehead atoms. The molecule has 0 aliphatic rings. The lowest BCUT2D eigenvalue weighted by atomic mass is 10.2. The second kappa shape index (κ2) is 8.77. The van der Waals surface area contributed by atoms with E-state index < -0.39 is 0 Å². The third kappa shape index (κ3) is 4.71. The van der Waals surface area contributed by atoms with Crippen molar-refractivity contribution in [3.8, 4) is 0 Å². The Morgan fingerprint density at radius 2 is 1.92 bits per heavy atom. The second-order valence-corrected chi connectivity index (χ2v) is 8.43. The largest absolute Gasteiger partial charge is 0.355 e. The molecule has 2 aromatic rings. The Morgan fingerprint density at radius 3 is 2.54 bits per heavy atom. The van der Waals surface area contributed by atoms with Crippen molar-refractivity contribution in [3.63, 3.8) is 0 Å². The van der Waals surface area contributed by atoms with Crippen molar-refractivity contribution in [3.05, 3.63) is 27.1 Å². The highest BCUT2D eigenvalue weighted by atomic mass is 32.1. The van der Waals surface area contributed by atoms with E-state index in [2.05, 4.69) is 42.9 Å². The summed E-state index contributed by atoms with van der Waals surface area (Å²) in [7, 11) is 0. The molecule has 2 aromatic heterocycles. The van der Waals surface area contributed by atoms with Gasteiger partial charge in [-0.3, -0.25) is 19.1 Å². The molecule has 0 unspecified atom stereocenters. The van der Waals surface area contributed by atoms with E-state index in [1.807, 2.05) is 13.8 Å². The zero-order valence-electron chi connectivity index (χ0n) is 16.6. The average Bonchev–Trinajstić information content (AvgIpc) is 2.85. The van der Waals surface area contributed by atoms with E-state index in [1.54, 1.807) is 6.33 Å². The maximum atomic E-state index is 12.6. The Balaban J connectivity index is 1.92. The Kier molecular flexibility index (Phi) is 6.94. The molecule has 7 heteroatoms. The fraction of sp³-hybridized carbons (Fsp3) is 0.632. The molecule has 2 heterocycles. The Hall–Kier alpha value is -1.73. The summed E-state index contributed by atoms with van der Waals surface area (Å²) in [5.74, 6) is -0.0392. The molecule has 0 aromatic carbocycles. The van der Waals surface area contributed by atoms with Crippen molar-refractivity contribution in [1.82, 2.24) is 19.8 Å². The molecule has 1 amide bonds. The number of amides is 1. The maximum Gasteiger partial charge on any atom is 0.262 e. The lowest BCUT2D eigenvalue weighted by Crippen LogP contribution is -2.42. The van der Waals surface area contributed by atoms with Gasteiger partial charge in [0.05, 0.1) is 11.7 Å². The minimum Gasteiger partial charge on any atom is -0.355 e. The van der Waals surface area contributed by atoms with E-state index in [-0.39, 0.29) is 17.9 Å². The molecule has 0 aliphatic carbocycles. The molecular formula is C19H30N4O2S. The Morgan fingerprint density at radius 1 is 1.27 bits per heavy atom. The Labute approximate surface area is 159 Å². The molecular weight excluding hydrogens is 348 g/mol. The summed E-state index contributed by atoms with van der Waals surface area (Å²) in [6.45, 7) is 14.4. The molecule has 0 aliphatic heterocycles. The quantitative estimate of drug-likeness (QED) is 0.767. The number of hydrogen-bond acceptors (Lipinski definition) is 5. The van der Waals surface area contributed by atoms with Crippen molar-refractivity contribution in [2.24, 2.45) is 0 Å². The number of rotatable bonds is 8. The standard InChI is InChI=1S/C19H30N4O2S/c1-12(2)23(13(3)4)10-8-20-16(24)7-9-22-11-21-18-17(19(22)25)14(5)15(6)26-18/h11-13H,7-10H2,1-6H3,(H,20,24). The van der Waals surface area contributed by atoms with Crippen LogP contribution in [0.3, 0.4) is 0 Å². The predicted octanol–water partition coefficient (Wildman–Crippen LogP) is 2.70. The van der Waals surface area contributed by atoms with E-state index in [0.29, 0.717) is 30.6 Å². The molecule has 0 fully saturated rings. The summed E-state index contributed by atoms with van der Waals surface area (Å²) in [5, 5.41) is 3.63. The van der Waals surface area contributed by atoms with Crippen molar-refractivity contribution in [2.75, 3.05) is 13.1 Å². The zero-order chi connectivity index (χ0) is 19.4. The number of nitrogens with one attached hydrogen (secondary N) is 1. The van der Waals surface area contributed by atoms with Crippen LogP contribution in [0.4, 0.5) is 0 Å². The number of fused-ring (bicyclic) bond motifs is 1. The van der Waals surface area contributed by atoms with Crippen LogP contribution < -0.4 is 10.9 Å². The van der Waals surface area contributed by atoms with Gasteiger partial charge in [-0.15, -0.1) is 11.3 Å². The normalized spacial score (nSPS) is 11.9. The number of aromatic nitrogens is 2. The number of hydrogen-bond donors (Lipinski definition) is 1. The lowest BCUT2D eigenvalue weighted by Gasteiger charge is -2.30. The van der Waals surface area contributed by atoms with Gasteiger partial charge in [-0.2, -0.15) is 0 Å². The minimum absolute atomic E-state index is 0.0392. The molecule has 1 N–H and O–H groups in total. The fourth-order valence-corrected chi connectivity index (χ4v) is 4.16. The molecule has 2 rings (SSSR count). The number of thiophene rings is 1. The topological polar surface area (TPSA) is 67.2 Å². The monoisotopic (exact) mass is 378 g/mol. The SMILES string of the molecule is Cc1sc2ncn(CCC(=O)NCCN(C(C)C)C(C)C)c(=O)c2c1C. The van der Waals surface area contributed by atoms with E-state index in [1.165, 1.54) is 15.9 Å². The summed E-state index contributed by atoms with van der Waals surface area (Å²) < 4.78 is 1.54. The highest BCUT2D eigenvalue weighted by Gasteiger charge is 2.14. The summed E-state index contributed by atoms with van der Waals surface area (Å²) >= 11 is 1.54. The van der Waals surface area contributed by atoms with Gasteiger partial charge in [0.1, 0.15) is 4.83 Å². The number of aryl methyl sites for hydroxylation is 3. The summed E-state index contributed by atoms with van der Waals surface area (Å²) in [5.41, 5.74) is 0.930. The van der Waals surface area contributed by atoms with E-state index >= 15 is 0 Å². The number of carbonyl (C=O) groups is 1. The van der Waals surface area contributed by atoms with Crippen molar-refractivity contribution in [1.29, 1.82) is 0 Å². The lowest BCUT2D eigenvalue weighted by molar-refractivity contribution is -0.121.